The minimum Gasteiger partial charge on any atom is -0.486 e. The molecule has 0 bridgehead atoms. The fraction of sp³-hybridized carbons (Fsp3) is 0.200. The molecule has 1 atom stereocenters. The molecule has 1 heterocycles. The van der Waals surface area contributed by atoms with Crippen LogP contribution in [0.3, 0.4) is 0 Å². The fourth-order valence-electron chi connectivity index (χ4n) is 2.12. The van der Waals surface area contributed by atoms with Crippen molar-refractivity contribution >= 4 is 28.1 Å². The van der Waals surface area contributed by atoms with Gasteiger partial charge in [0, 0.05) is 11.8 Å². The van der Waals surface area contributed by atoms with Crippen molar-refractivity contribution in [3.63, 3.8) is 0 Å². The van der Waals surface area contributed by atoms with Gasteiger partial charge in [0.2, 0.25) is 0 Å². The summed E-state index contributed by atoms with van der Waals surface area (Å²) in [5.74, 6) is 1.55. The van der Waals surface area contributed by atoms with Crippen LogP contribution >= 0.6 is 11.6 Å². The Hall–Kier alpha value is -1.72. The second-order valence-electron chi connectivity index (χ2n) is 4.61. The van der Waals surface area contributed by atoms with Gasteiger partial charge in [-0.1, -0.05) is 23.7 Å². The summed E-state index contributed by atoms with van der Waals surface area (Å²) < 4.78 is 23.4. The topological polar surface area (TPSA) is 61.6 Å². The van der Waals surface area contributed by atoms with Gasteiger partial charge in [0.1, 0.15) is 13.2 Å². The summed E-state index contributed by atoms with van der Waals surface area (Å²) in [6.45, 7) is 1.02. The van der Waals surface area contributed by atoms with E-state index in [0.717, 1.165) is 5.56 Å². The highest BCUT2D eigenvalue weighted by atomic mass is 35.5. The van der Waals surface area contributed by atoms with Crippen LogP contribution in [-0.4, -0.2) is 17.4 Å². The normalized spacial score (nSPS) is 14.7. The zero-order valence-electron chi connectivity index (χ0n) is 11.2. The molecule has 2 aromatic rings. The van der Waals surface area contributed by atoms with E-state index in [0.29, 0.717) is 40.3 Å². The Morgan fingerprint density at radius 2 is 1.81 bits per heavy atom. The quantitative estimate of drug-likeness (QED) is 0.882. The molecule has 1 unspecified atom stereocenters. The van der Waals surface area contributed by atoms with Gasteiger partial charge in [0.25, 0.3) is 0 Å². The third kappa shape index (κ3) is 2.99. The molecular formula is C15H14ClNO3S. The van der Waals surface area contributed by atoms with Gasteiger partial charge in [-0.15, -0.1) is 0 Å². The smallest absolute Gasteiger partial charge is 0.163 e. The van der Waals surface area contributed by atoms with E-state index in [1.165, 1.54) is 0 Å². The average Bonchev–Trinajstić information content (AvgIpc) is 2.48. The van der Waals surface area contributed by atoms with Crippen molar-refractivity contribution in [2.24, 2.45) is 0 Å². The average molecular weight is 324 g/mol. The van der Waals surface area contributed by atoms with Gasteiger partial charge in [0.15, 0.2) is 11.5 Å². The van der Waals surface area contributed by atoms with Crippen LogP contribution in [0, 0.1) is 0 Å². The van der Waals surface area contributed by atoms with E-state index >= 15 is 0 Å². The minimum atomic E-state index is -1.27. The second-order valence-corrected chi connectivity index (χ2v) is 6.44. The Kier molecular flexibility index (Phi) is 4.03. The Balaban J connectivity index is 1.88. The van der Waals surface area contributed by atoms with Crippen molar-refractivity contribution in [1.29, 1.82) is 0 Å². The van der Waals surface area contributed by atoms with Crippen LogP contribution in [0.1, 0.15) is 5.56 Å². The molecule has 2 N–H and O–H groups in total. The van der Waals surface area contributed by atoms with E-state index in [9.17, 15) is 4.21 Å². The van der Waals surface area contributed by atoms with E-state index < -0.39 is 10.8 Å². The third-order valence-electron chi connectivity index (χ3n) is 3.17. The maximum absolute atomic E-state index is 12.5. The number of hydrogen-bond donors (Lipinski definition) is 1. The molecule has 4 nitrogen and oxygen atoms in total. The maximum atomic E-state index is 12.5. The SMILES string of the molecule is Nc1cc2c(cc1CS(=O)c1ccccc1Cl)OCCO2. The van der Waals surface area contributed by atoms with Crippen LogP contribution in [0.15, 0.2) is 41.3 Å². The molecule has 0 aromatic heterocycles. The van der Waals surface area contributed by atoms with E-state index in [-0.39, 0.29) is 5.75 Å². The zero-order valence-corrected chi connectivity index (χ0v) is 12.7. The predicted octanol–water partition coefficient (Wildman–Crippen LogP) is 3.00. The molecule has 1 aliphatic heterocycles. The van der Waals surface area contributed by atoms with Crippen molar-refractivity contribution in [3.8, 4) is 11.5 Å². The van der Waals surface area contributed by atoms with E-state index in [1.54, 1.807) is 24.3 Å². The Morgan fingerprint density at radius 1 is 1.14 bits per heavy atom. The fourth-order valence-corrected chi connectivity index (χ4v) is 3.72. The molecule has 3 rings (SSSR count). The summed E-state index contributed by atoms with van der Waals surface area (Å²) in [6.07, 6.45) is 0. The molecule has 0 fully saturated rings. The number of nitrogens with two attached hydrogens (primary N) is 1. The van der Waals surface area contributed by atoms with E-state index in [1.807, 2.05) is 12.1 Å². The first-order valence-corrected chi connectivity index (χ1v) is 8.16. The number of benzene rings is 2. The summed E-state index contributed by atoms with van der Waals surface area (Å²) in [5.41, 5.74) is 7.31. The first kappa shape index (κ1) is 14.2. The highest BCUT2D eigenvalue weighted by Gasteiger charge is 2.17. The minimum absolute atomic E-state index is 0.284. The zero-order chi connectivity index (χ0) is 14.8. The Morgan fingerprint density at radius 3 is 2.52 bits per heavy atom. The Labute approximate surface area is 130 Å². The molecule has 0 amide bonds. The largest absolute Gasteiger partial charge is 0.486 e. The molecule has 0 saturated heterocycles. The third-order valence-corrected chi connectivity index (χ3v) is 5.03. The number of fused-ring (bicyclic) bond motifs is 1. The summed E-state index contributed by atoms with van der Waals surface area (Å²) in [4.78, 5) is 0.605. The lowest BCUT2D eigenvalue weighted by Crippen LogP contribution is -2.16. The van der Waals surface area contributed by atoms with E-state index in [4.69, 9.17) is 26.8 Å². The standard InChI is InChI=1S/C15H14ClNO3S/c16-11-3-1-2-4-15(11)21(18)9-10-7-13-14(8-12(10)17)20-6-5-19-13/h1-4,7-8H,5-6,9,17H2. The second kappa shape index (κ2) is 5.95. The number of nitrogen functional groups attached to an aromatic ring is 1. The summed E-state index contributed by atoms with van der Waals surface area (Å²) in [6, 6.07) is 10.6. The van der Waals surface area contributed by atoms with Crippen molar-refractivity contribution in [1.82, 2.24) is 0 Å². The molecule has 0 saturated carbocycles. The van der Waals surface area contributed by atoms with Gasteiger partial charge in [-0.25, -0.2) is 0 Å². The molecule has 1 aliphatic rings. The molecule has 110 valence electrons. The van der Waals surface area contributed by atoms with Gasteiger partial charge < -0.3 is 15.2 Å². The highest BCUT2D eigenvalue weighted by Crippen LogP contribution is 2.35. The number of ether oxygens (including phenoxy) is 2. The van der Waals surface area contributed by atoms with Crippen molar-refractivity contribution < 1.29 is 13.7 Å². The molecule has 21 heavy (non-hydrogen) atoms. The lowest BCUT2D eigenvalue weighted by molar-refractivity contribution is 0.171. The molecule has 2 aromatic carbocycles. The van der Waals surface area contributed by atoms with E-state index in [2.05, 4.69) is 0 Å². The van der Waals surface area contributed by atoms with Gasteiger partial charge >= 0.3 is 0 Å². The van der Waals surface area contributed by atoms with Crippen molar-refractivity contribution in [2.75, 3.05) is 18.9 Å². The first-order valence-electron chi connectivity index (χ1n) is 6.46. The van der Waals surface area contributed by atoms with Gasteiger partial charge in [0.05, 0.1) is 26.5 Å². The van der Waals surface area contributed by atoms with Crippen LogP contribution in [0.4, 0.5) is 5.69 Å². The lowest BCUT2D eigenvalue weighted by atomic mass is 10.2. The molecule has 0 radical (unpaired) electrons. The van der Waals surface area contributed by atoms with Crippen LogP contribution in [-0.2, 0) is 16.6 Å². The first-order chi connectivity index (χ1) is 10.1. The van der Waals surface area contributed by atoms with Gasteiger partial charge in [-0.3, -0.25) is 4.21 Å². The Bertz CT molecular complexity index is 705. The number of halogens is 1. The van der Waals surface area contributed by atoms with Gasteiger partial charge in [-0.2, -0.15) is 0 Å². The van der Waals surface area contributed by atoms with Crippen molar-refractivity contribution in [3.05, 3.63) is 47.0 Å². The molecule has 6 heteroatoms. The summed E-state index contributed by atoms with van der Waals surface area (Å²) in [7, 11) is -1.27. The van der Waals surface area contributed by atoms with Crippen LogP contribution in [0.2, 0.25) is 5.02 Å². The van der Waals surface area contributed by atoms with Crippen molar-refractivity contribution in [2.45, 2.75) is 10.6 Å². The molecule has 0 aliphatic carbocycles. The molecular weight excluding hydrogens is 310 g/mol. The number of hydrogen-bond acceptors (Lipinski definition) is 4. The number of anilines is 1. The lowest BCUT2D eigenvalue weighted by Gasteiger charge is -2.20. The van der Waals surface area contributed by atoms with Crippen LogP contribution in [0.5, 0.6) is 11.5 Å². The number of rotatable bonds is 3. The highest BCUT2D eigenvalue weighted by molar-refractivity contribution is 7.84. The van der Waals surface area contributed by atoms with Gasteiger partial charge in [-0.05, 0) is 23.8 Å². The monoisotopic (exact) mass is 323 g/mol. The van der Waals surface area contributed by atoms with Crippen LogP contribution in [0.25, 0.3) is 0 Å². The maximum Gasteiger partial charge on any atom is 0.163 e. The van der Waals surface area contributed by atoms with Crippen LogP contribution < -0.4 is 15.2 Å². The predicted molar refractivity (Wildman–Crippen MR) is 83.4 cm³/mol. The summed E-state index contributed by atoms with van der Waals surface area (Å²) in [5, 5.41) is 0.493. The summed E-state index contributed by atoms with van der Waals surface area (Å²) >= 11 is 6.07. The molecule has 0 spiro atoms.